The van der Waals surface area contributed by atoms with Gasteiger partial charge in [0, 0.05) is 13.1 Å². The first-order valence-corrected chi connectivity index (χ1v) is 8.97. The maximum Gasteiger partial charge on any atom is 0.200 e. The Hall–Kier alpha value is -2.54. The predicted molar refractivity (Wildman–Crippen MR) is 96.1 cm³/mol. The topological polar surface area (TPSA) is 71.2 Å². The van der Waals surface area contributed by atoms with Gasteiger partial charge in [-0.25, -0.2) is 0 Å². The standard InChI is InChI=1S/C18H23N7/c1-2-6-12-24(11-5-1)14-16-8-4-3-7-15(16)13-19-17-9-10-18-20-22-23-25(18)21-17/h3-4,7-10H,1-2,5-6,11-14H2,(H,19,21). The van der Waals surface area contributed by atoms with E-state index in [9.17, 15) is 0 Å². The van der Waals surface area contributed by atoms with Gasteiger partial charge in [-0.2, -0.15) is 0 Å². The maximum absolute atomic E-state index is 4.37. The van der Waals surface area contributed by atoms with Crippen LogP contribution in [0.5, 0.6) is 0 Å². The summed E-state index contributed by atoms with van der Waals surface area (Å²) in [6.45, 7) is 4.18. The average molecular weight is 337 g/mol. The smallest absolute Gasteiger partial charge is 0.200 e. The highest BCUT2D eigenvalue weighted by Crippen LogP contribution is 2.17. The molecule has 1 aliphatic heterocycles. The molecule has 1 fully saturated rings. The highest BCUT2D eigenvalue weighted by atomic mass is 15.6. The normalized spacial score (nSPS) is 16.0. The van der Waals surface area contributed by atoms with Crippen molar-refractivity contribution in [2.24, 2.45) is 0 Å². The molecule has 1 aliphatic rings. The van der Waals surface area contributed by atoms with Crippen molar-refractivity contribution in [1.82, 2.24) is 30.2 Å². The summed E-state index contributed by atoms with van der Waals surface area (Å²) in [5.41, 5.74) is 3.35. The van der Waals surface area contributed by atoms with Crippen LogP contribution in [0.25, 0.3) is 5.65 Å². The molecule has 0 unspecified atom stereocenters. The van der Waals surface area contributed by atoms with E-state index in [1.54, 1.807) is 0 Å². The van der Waals surface area contributed by atoms with Gasteiger partial charge in [0.25, 0.3) is 0 Å². The van der Waals surface area contributed by atoms with Crippen LogP contribution < -0.4 is 5.32 Å². The number of hydrogen-bond donors (Lipinski definition) is 1. The molecular weight excluding hydrogens is 314 g/mol. The summed E-state index contributed by atoms with van der Waals surface area (Å²) < 4.78 is 1.44. The lowest BCUT2D eigenvalue weighted by atomic mass is 10.1. The van der Waals surface area contributed by atoms with E-state index in [1.807, 2.05) is 12.1 Å². The summed E-state index contributed by atoms with van der Waals surface area (Å²) in [4.78, 5) is 2.58. The fourth-order valence-electron chi connectivity index (χ4n) is 3.35. The number of rotatable bonds is 5. The minimum Gasteiger partial charge on any atom is -0.364 e. The summed E-state index contributed by atoms with van der Waals surface area (Å²) in [6, 6.07) is 12.4. The first-order valence-electron chi connectivity index (χ1n) is 8.97. The van der Waals surface area contributed by atoms with Gasteiger partial charge >= 0.3 is 0 Å². The van der Waals surface area contributed by atoms with Gasteiger partial charge in [0.1, 0.15) is 5.82 Å². The van der Waals surface area contributed by atoms with Crippen molar-refractivity contribution in [3.63, 3.8) is 0 Å². The molecule has 0 saturated carbocycles. The number of tetrazole rings is 1. The fraction of sp³-hybridized carbons (Fsp3) is 0.444. The molecule has 3 aromatic rings. The number of aromatic nitrogens is 5. The van der Waals surface area contributed by atoms with Crippen LogP contribution in [0.3, 0.4) is 0 Å². The Bertz CT molecular complexity index is 821. The molecule has 25 heavy (non-hydrogen) atoms. The third-order valence-electron chi connectivity index (χ3n) is 4.74. The molecule has 7 nitrogen and oxygen atoms in total. The van der Waals surface area contributed by atoms with Crippen molar-refractivity contribution in [1.29, 1.82) is 0 Å². The van der Waals surface area contributed by atoms with Gasteiger partial charge in [0.2, 0.25) is 0 Å². The lowest BCUT2D eigenvalue weighted by molar-refractivity contribution is 0.276. The van der Waals surface area contributed by atoms with E-state index in [0.717, 1.165) is 18.9 Å². The van der Waals surface area contributed by atoms with E-state index < -0.39 is 0 Å². The van der Waals surface area contributed by atoms with E-state index in [-0.39, 0.29) is 0 Å². The Balaban J connectivity index is 1.44. The highest BCUT2D eigenvalue weighted by molar-refractivity contribution is 5.43. The second-order valence-electron chi connectivity index (χ2n) is 6.56. The van der Waals surface area contributed by atoms with Crippen molar-refractivity contribution in [3.8, 4) is 0 Å². The summed E-state index contributed by atoms with van der Waals surface area (Å²) in [7, 11) is 0. The van der Waals surface area contributed by atoms with Gasteiger partial charge in [-0.15, -0.1) is 14.8 Å². The largest absolute Gasteiger partial charge is 0.364 e. The second-order valence-corrected chi connectivity index (χ2v) is 6.56. The highest BCUT2D eigenvalue weighted by Gasteiger charge is 2.11. The zero-order chi connectivity index (χ0) is 16.9. The molecule has 4 rings (SSSR count). The Morgan fingerprint density at radius 2 is 1.72 bits per heavy atom. The summed E-state index contributed by atoms with van der Waals surface area (Å²) in [5.74, 6) is 0.768. The van der Waals surface area contributed by atoms with Gasteiger partial charge in [0.15, 0.2) is 5.65 Å². The molecule has 1 N–H and O–H groups in total. The first kappa shape index (κ1) is 16.0. The van der Waals surface area contributed by atoms with Crippen LogP contribution in [-0.4, -0.2) is 43.2 Å². The van der Waals surface area contributed by atoms with Crippen molar-refractivity contribution in [3.05, 3.63) is 47.5 Å². The summed E-state index contributed by atoms with van der Waals surface area (Å²) in [5, 5.41) is 19.1. The van der Waals surface area contributed by atoms with Gasteiger partial charge in [-0.1, -0.05) is 37.1 Å². The Kier molecular flexibility index (Phi) is 4.83. The molecule has 7 heteroatoms. The van der Waals surface area contributed by atoms with E-state index in [2.05, 4.69) is 55.1 Å². The lowest BCUT2D eigenvalue weighted by Crippen LogP contribution is -2.24. The molecule has 0 atom stereocenters. The van der Waals surface area contributed by atoms with Gasteiger partial charge in [-0.3, -0.25) is 4.90 Å². The lowest BCUT2D eigenvalue weighted by Gasteiger charge is -2.21. The van der Waals surface area contributed by atoms with Crippen LogP contribution in [-0.2, 0) is 13.1 Å². The number of fused-ring (bicyclic) bond motifs is 1. The fourth-order valence-corrected chi connectivity index (χ4v) is 3.35. The van der Waals surface area contributed by atoms with Crippen LogP contribution in [0.2, 0.25) is 0 Å². The van der Waals surface area contributed by atoms with Crippen LogP contribution in [0, 0.1) is 0 Å². The third kappa shape index (κ3) is 3.93. The first-order chi connectivity index (χ1) is 12.4. The van der Waals surface area contributed by atoms with Crippen molar-refractivity contribution < 1.29 is 0 Å². The van der Waals surface area contributed by atoms with Crippen LogP contribution in [0.15, 0.2) is 36.4 Å². The molecule has 0 bridgehead atoms. The molecule has 2 aromatic heterocycles. The van der Waals surface area contributed by atoms with Crippen LogP contribution in [0.1, 0.15) is 36.8 Å². The van der Waals surface area contributed by atoms with E-state index in [4.69, 9.17) is 0 Å². The minimum atomic E-state index is 0.645. The predicted octanol–water partition coefficient (Wildman–Crippen LogP) is 2.51. The molecule has 130 valence electrons. The number of hydrogen-bond acceptors (Lipinski definition) is 6. The van der Waals surface area contributed by atoms with E-state index in [0.29, 0.717) is 5.65 Å². The molecule has 0 amide bonds. The average Bonchev–Trinajstić information content (AvgIpc) is 2.96. The molecule has 0 radical (unpaired) electrons. The molecule has 0 spiro atoms. The number of nitrogens with one attached hydrogen (secondary N) is 1. The molecule has 3 heterocycles. The minimum absolute atomic E-state index is 0.645. The zero-order valence-corrected chi connectivity index (χ0v) is 14.3. The quantitative estimate of drug-likeness (QED) is 0.771. The maximum atomic E-state index is 4.37. The molecule has 1 saturated heterocycles. The van der Waals surface area contributed by atoms with Crippen LogP contribution >= 0.6 is 0 Å². The number of likely N-dealkylation sites (tertiary alicyclic amines) is 1. The number of anilines is 1. The molecule has 1 aromatic carbocycles. The summed E-state index contributed by atoms with van der Waals surface area (Å²) >= 11 is 0. The third-order valence-corrected chi connectivity index (χ3v) is 4.74. The van der Waals surface area contributed by atoms with Gasteiger partial charge in [-0.05, 0) is 59.6 Å². The molecular formula is C18H23N7. The van der Waals surface area contributed by atoms with Crippen LogP contribution in [0.4, 0.5) is 5.82 Å². The Labute approximate surface area is 147 Å². The van der Waals surface area contributed by atoms with Crippen molar-refractivity contribution in [2.75, 3.05) is 18.4 Å². The second kappa shape index (κ2) is 7.57. The SMILES string of the molecule is c1ccc(CN2CCCCCC2)c(CNc2ccc3nnnn3n2)c1. The van der Waals surface area contributed by atoms with Gasteiger partial charge in [0.05, 0.1) is 0 Å². The van der Waals surface area contributed by atoms with E-state index >= 15 is 0 Å². The van der Waals surface area contributed by atoms with Gasteiger partial charge < -0.3 is 5.32 Å². The number of benzene rings is 1. The number of nitrogens with zero attached hydrogens (tertiary/aromatic N) is 6. The summed E-state index contributed by atoms with van der Waals surface area (Å²) in [6.07, 6.45) is 5.36. The monoisotopic (exact) mass is 337 g/mol. The Morgan fingerprint density at radius 1 is 0.920 bits per heavy atom. The Morgan fingerprint density at radius 3 is 2.56 bits per heavy atom. The van der Waals surface area contributed by atoms with Crippen molar-refractivity contribution in [2.45, 2.75) is 38.8 Å². The zero-order valence-electron chi connectivity index (χ0n) is 14.3. The molecule has 0 aliphatic carbocycles. The van der Waals surface area contributed by atoms with E-state index in [1.165, 1.54) is 54.5 Å². The van der Waals surface area contributed by atoms with Crippen molar-refractivity contribution >= 4 is 11.5 Å².